The van der Waals surface area contributed by atoms with Crippen molar-refractivity contribution in [3.05, 3.63) is 0 Å². The molecule has 0 rings (SSSR count). The molecule has 0 amide bonds. The van der Waals surface area contributed by atoms with Gasteiger partial charge in [-0.2, -0.15) is 0 Å². The highest BCUT2D eigenvalue weighted by atomic mass is 32.2. The molecule has 0 fully saturated rings. The SMILES string of the molecule is CCCNC(C(C)C)C(C)(C)S(C)(=O)=O. The number of hydrogen-bond acceptors (Lipinski definition) is 3. The maximum absolute atomic E-state index is 11.7. The van der Waals surface area contributed by atoms with Gasteiger partial charge in [0.05, 0.1) is 4.75 Å². The van der Waals surface area contributed by atoms with Crippen molar-refractivity contribution < 1.29 is 8.42 Å². The number of nitrogens with one attached hydrogen (secondary N) is 1. The first-order chi connectivity index (χ1) is 6.64. The van der Waals surface area contributed by atoms with Gasteiger partial charge in [0.15, 0.2) is 9.84 Å². The van der Waals surface area contributed by atoms with E-state index in [2.05, 4.69) is 26.1 Å². The lowest BCUT2D eigenvalue weighted by atomic mass is 9.92. The second kappa shape index (κ2) is 5.30. The van der Waals surface area contributed by atoms with Crippen LogP contribution in [0.4, 0.5) is 0 Å². The summed E-state index contributed by atoms with van der Waals surface area (Å²) in [5, 5.41) is 3.34. The maximum atomic E-state index is 11.7. The van der Waals surface area contributed by atoms with Gasteiger partial charge in [0.2, 0.25) is 0 Å². The third kappa shape index (κ3) is 3.76. The van der Waals surface area contributed by atoms with Crippen molar-refractivity contribution in [1.82, 2.24) is 5.32 Å². The Labute approximate surface area is 94.6 Å². The fraction of sp³-hybridized carbons (Fsp3) is 1.00. The van der Waals surface area contributed by atoms with Crippen LogP contribution in [0.2, 0.25) is 0 Å². The van der Waals surface area contributed by atoms with E-state index < -0.39 is 14.6 Å². The maximum Gasteiger partial charge on any atom is 0.154 e. The van der Waals surface area contributed by atoms with Crippen LogP contribution in [-0.4, -0.2) is 32.0 Å². The molecule has 0 aliphatic carbocycles. The molecule has 0 aromatic rings. The molecule has 0 aromatic carbocycles. The predicted molar refractivity (Wildman–Crippen MR) is 65.8 cm³/mol. The van der Waals surface area contributed by atoms with Gasteiger partial charge in [0, 0.05) is 12.3 Å². The molecule has 0 bridgehead atoms. The standard InChI is InChI=1S/C11H25NO2S/c1-7-8-12-10(9(2)3)11(4,5)15(6,13)14/h9-10,12H,7-8H2,1-6H3. The summed E-state index contributed by atoms with van der Waals surface area (Å²) in [5.41, 5.74) is 0. The summed E-state index contributed by atoms with van der Waals surface area (Å²) in [4.78, 5) is 0. The minimum Gasteiger partial charge on any atom is -0.312 e. The van der Waals surface area contributed by atoms with Crippen LogP contribution in [0.3, 0.4) is 0 Å². The van der Waals surface area contributed by atoms with E-state index in [0.29, 0.717) is 5.92 Å². The van der Waals surface area contributed by atoms with E-state index >= 15 is 0 Å². The van der Waals surface area contributed by atoms with Crippen LogP contribution in [0, 0.1) is 5.92 Å². The molecule has 0 aliphatic rings. The van der Waals surface area contributed by atoms with Crippen LogP contribution in [0.15, 0.2) is 0 Å². The van der Waals surface area contributed by atoms with E-state index in [1.807, 2.05) is 0 Å². The zero-order valence-electron chi connectivity index (χ0n) is 10.8. The molecule has 0 saturated heterocycles. The Morgan fingerprint density at radius 3 is 2.00 bits per heavy atom. The highest BCUT2D eigenvalue weighted by Gasteiger charge is 2.40. The first-order valence-electron chi connectivity index (χ1n) is 5.57. The monoisotopic (exact) mass is 235 g/mol. The summed E-state index contributed by atoms with van der Waals surface area (Å²) >= 11 is 0. The molecular weight excluding hydrogens is 210 g/mol. The molecule has 1 atom stereocenters. The summed E-state index contributed by atoms with van der Waals surface area (Å²) in [7, 11) is -3.04. The number of rotatable bonds is 6. The Balaban J connectivity index is 4.91. The van der Waals surface area contributed by atoms with Crippen molar-refractivity contribution >= 4 is 9.84 Å². The third-order valence-corrected chi connectivity index (χ3v) is 5.15. The van der Waals surface area contributed by atoms with Gasteiger partial charge in [-0.15, -0.1) is 0 Å². The van der Waals surface area contributed by atoms with Gasteiger partial charge < -0.3 is 5.32 Å². The zero-order chi connectivity index (χ0) is 12.3. The molecule has 0 radical (unpaired) electrons. The van der Waals surface area contributed by atoms with Crippen molar-refractivity contribution in [3.8, 4) is 0 Å². The molecule has 0 spiro atoms. The molecule has 1 N–H and O–H groups in total. The lowest BCUT2D eigenvalue weighted by Gasteiger charge is -2.36. The minimum atomic E-state index is -3.04. The van der Waals surface area contributed by atoms with E-state index in [9.17, 15) is 8.42 Å². The highest BCUT2D eigenvalue weighted by Crippen LogP contribution is 2.25. The molecule has 0 heterocycles. The predicted octanol–water partition coefficient (Wildman–Crippen LogP) is 1.83. The first kappa shape index (κ1) is 14.9. The lowest BCUT2D eigenvalue weighted by molar-refractivity contribution is 0.328. The summed E-state index contributed by atoms with van der Waals surface area (Å²) in [6, 6.07) is 0.00690. The zero-order valence-corrected chi connectivity index (χ0v) is 11.6. The van der Waals surface area contributed by atoms with Gasteiger partial charge in [0.1, 0.15) is 0 Å². The van der Waals surface area contributed by atoms with Crippen molar-refractivity contribution in [2.75, 3.05) is 12.8 Å². The molecule has 15 heavy (non-hydrogen) atoms. The molecule has 3 nitrogen and oxygen atoms in total. The average molecular weight is 235 g/mol. The minimum absolute atomic E-state index is 0.00690. The first-order valence-corrected chi connectivity index (χ1v) is 7.46. The van der Waals surface area contributed by atoms with E-state index in [1.54, 1.807) is 13.8 Å². The molecule has 4 heteroatoms. The molecule has 0 saturated carbocycles. The molecule has 0 aliphatic heterocycles. The lowest BCUT2D eigenvalue weighted by Crippen LogP contribution is -2.54. The van der Waals surface area contributed by atoms with Gasteiger partial charge in [-0.25, -0.2) is 8.42 Å². The van der Waals surface area contributed by atoms with Crippen LogP contribution >= 0.6 is 0 Å². The number of sulfone groups is 1. The fourth-order valence-corrected chi connectivity index (χ4v) is 2.63. The third-order valence-electron chi connectivity index (χ3n) is 2.99. The Morgan fingerprint density at radius 1 is 1.27 bits per heavy atom. The smallest absolute Gasteiger partial charge is 0.154 e. The number of hydrogen-bond donors (Lipinski definition) is 1. The van der Waals surface area contributed by atoms with E-state index in [1.165, 1.54) is 6.26 Å². The average Bonchev–Trinajstić information content (AvgIpc) is 2.01. The summed E-state index contributed by atoms with van der Waals surface area (Å²) in [6.07, 6.45) is 2.33. The van der Waals surface area contributed by atoms with E-state index in [4.69, 9.17) is 0 Å². The summed E-state index contributed by atoms with van der Waals surface area (Å²) < 4.78 is 22.7. The molecule has 92 valence electrons. The molecular formula is C11H25NO2S. The van der Waals surface area contributed by atoms with Crippen LogP contribution < -0.4 is 5.32 Å². The Morgan fingerprint density at radius 2 is 1.73 bits per heavy atom. The van der Waals surface area contributed by atoms with Crippen molar-refractivity contribution in [2.45, 2.75) is 51.8 Å². The van der Waals surface area contributed by atoms with Gasteiger partial charge >= 0.3 is 0 Å². The largest absolute Gasteiger partial charge is 0.312 e. The molecule has 1 unspecified atom stereocenters. The Hall–Kier alpha value is -0.0900. The van der Waals surface area contributed by atoms with E-state index in [-0.39, 0.29) is 6.04 Å². The van der Waals surface area contributed by atoms with Gasteiger partial charge in [-0.3, -0.25) is 0 Å². The van der Waals surface area contributed by atoms with Crippen LogP contribution in [0.1, 0.15) is 41.0 Å². The van der Waals surface area contributed by atoms with Crippen LogP contribution in [0.25, 0.3) is 0 Å². The molecule has 0 aromatic heterocycles. The van der Waals surface area contributed by atoms with Gasteiger partial charge in [-0.1, -0.05) is 20.8 Å². The van der Waals surface area contributed by atoms with Crippen molar-refractivity contribution in [2.24, 2.45) is 5.92 Å². The summed E-state index contributed by atoms with van der Waals surface area (Å²) in [5.74, 6) is 0.307. The van der Waals surface area contributed by atoms with Crippen LogP contribution in [-0.2, 0) is 9.84 Å². The van der Waals surface area contributed by atoms with Gasteiger partial charge in [-0.05, 0) is 32.7 Å². The summed E-state index contributed by atoms with van der Waals surface area (Å²) in [6.45, 7) is 10.7. The highest BCUT2D eigenvalue weighted by molar-refractivity contribution is 7.92. The van der Waals surface area contributed by atoms with E-state index in [0.717, 1.165) is 13.0 Å². The quantitative estimate of drug-likeness (QED) is 0.764. The second-order valence-corrected chi connectivity index (χ2v) is 7.65. The van der Waals surface area contributed by atoms with Gasteiger partial charge in [0.25, 0.3) is 0 Å². The van der Waals surface area contributed by atoms with Crippen molar-refractivity contribution in [1.29, 1.82) is 0 Å². The Bertz CT molecular complexity index is 281. The Kier molecular flexibility index (Phi) is 5.27. The normalized spacial score (nSPS) is 15.7. The van der Waals surface area contributed by atoms with Crippen molar-refractivity contribution in [3.63, 3.8) is 0 Å². The fourth-order valence-electron chi connectivity index (χ4n) is 1.81. The van der Waals surface area contributed by atoms with Crippen LogP contribution in [0.5, 0.6) is 0 Å². The second-order valence-electron chi connectivity index (χ2n) is 5.05. The topological polar surface area (TPSA) is 46.2 Å².